The SMILES string of the molecule is COc1cccc(C=Nn2c(-c3cc4cc(Br)ccc4o3)nc3ccccc3c2=O)c1OCC(=O)Nc1ccc(Cl)cc1. The maximum Gasteiger partial charge on any atom is 0.282 e. The van der Waals surface area contributed by atoms with Crippen molar-refractivity contribution in [2.24, 2.45) is 5.10 Å². The van der Waals surface area contributed by atoms with Gasteiger partial charge in [0.1, 0.15) is 5.58 Å². The van der Waals surface area contributed by atoms with Crippen LogP contribution in [0.5, 0.6) is 11.5 Å². The highest BCUT2D eigenvalue weighted by Crippen LogP contribution is 2.31. The second kappa shape index (κ2) is 12.1. The summed E-state index contributed by atoms with van der Waals surface area (Å²) in [5.41, 5.74) is 1.81. The van der Waals surface area contributed by atoms with E-state index in [1.807, 2.05) is 30.3 Å². The third-order valence-electron chi connectivity index (χ3n) is 6.47. The van der Waals surface area contributed by atoms with Gasteiger partial charge in [-0.3, -0.25) is 9.59 Å². The first-order valence-electron chi connectivity index (χ1n) is 13.0. The van der Waals surface area contributed by atoms with Crippen LogP contribution in [0.2, 0.25) is 5.02 Å². The molecule has 0 radical (unpaired) electrons. The van der Waals surface area contributed by atoms with Gasteiger partial charge in [0.15, 0.2) is 23.9 Å². The molecule has 4 aromatic carbocycles. The molecule has 0 saturated carbocycles. The van der Waals surface area contributed by atoms with Gasteiger partial charge in [0.2, 0.25) is 5.82 Å². The predicted octanol–water partition coefficient (Wildman–Crippen LogP) is 7.13. The molecular weight excluding hydrogens is 636 g/mol. The maximum atomic E-state index is 13.7. The van der Waals surface area contributed by atoms with Crippen LogP contribution in [-0.2, 0) is 4.79 Å². The molecule has 0 fully saturated rings. The molecule has 6 aromatic rings. The maximum absolute atomic E-state index is 13.7. The molecule has 6 rings (SSSR count). The van der Waals surface area contributed by atoms with Gasteiger partial charge in [-0.1, -0.05) is 45.7 Å². The van der Waals surface area contributed by atoms with Crippen molar-refractivity contribution < 1.29 is 18.7 Å². The van der Waals surface area contributed by atoms with Gasteiger partial charge in [-0.05, 0) is 72.8 Å². The first-order chi connectivity index (χ1) is 20.9. The predicted molar refractivity (Wildman–Crippen MR) is 170 cm³/mol. The zero-order valence-electron chi connectivity index (χ0n) is 22.6. The summed E-state index contributed by atoms with van der Waals surface area (Å²) in [6.45, 7) is -0.304. The molecule has 2 aromatic heterocycles. The van der Waals surface area contributed by atoms with E-state index in [0.717, 1.165) is 9.86 Å². The van der Waals surface area contributed by atoms with Gasteiger partial charge in [0, 0.05) is 26.1 Å². The number of para-hydroxylation sites is 2. The summed E-state index contributed by atoms with van der Waals surface area (Å²) in [6.07, 6.45) is 1.45. The lowest BCUT2D eigenvalue weighted by Gasteiger charge is -2.13. The summed E-state index contributed by atoms with van der Waals surface area (Å²) >= 11 is 9.40. The van der Waals surface area contributed by atoms with Gasteiger partial charge in [-0.2, -0.15) is 9.78 Å². The smallest absolute Gasteiger partial charge is 0.282 e. The van der Waals surface area contributed by atoms with Gasteiger partial charge in [-0.15, -0.1) is 0 Å². The Morgan fingerprint density at radius 2 is 1.88 bits per heavy atom. The highest BCUT2D eigenvalue weighted by molar-refractivity contribution is 9.10. The quantitative estimate of drug-likeness (QED) is 0.175. The second-order valence-corrected chi connectivity index (χ2v) is 10.7. The van der Waals surface area contributed by atoms with E-state index in [9.17, 15) is 9.59 Å². The Morgan fingerprint density at radius 3 is 2.70 bits per heavy atom. The van der Waals surface area contributed by atoms with Gasteiger partial charge in [-0.25, -0.2) is 4.98 Å². The van der Waals surface area contributed by atoms with Gasteiger partial charge < -0.3 is 19.2 Å². The van der Waals surface area contributed by atoms with Crippen molar-refractivity contribution in [1.29, 1.82) is 0 Å². The number of nitrogens with zero attached hydrogens (tertiary/aromatic N) is 3. The largest absolute Gasteiger partial charge is 0.493 e. The van der Waals surface area contributed by atoms with E-state index >= 15 is 0 Å². The number of hydrogen-bond donors (Lipinski definition) is 1. The average Bonchev–Trinajstić information content (AvgIpc) is 3.44. The number of carbonyl (C=O) groups excluding carboxylic acids is 1. The van der Waals surface area contributed by atoms with Crippen molar-refractivity contribution in [3.05, 3.63) is 116 Å². The highest BCUT2D eigenvalue weighted by Gasteiger charge is 2.18. The number of halogens is 2. The van der Waals surface area contributed by atoms with Crippen molar-refractivity contribution in [3.63, 3.8) is 0 Å². The van der Waals surface area contributed by atoms with E-state index in [-0.39, 0.29) is 29.6 Å². The minimum atomic E-state index is -0.384. The number of carbonyl (C=O) groups is 1. The number of fused-ring (bicyclic) bond motifs is 2. The van der Waals surface area contributed by atoms with Crippen LogP contribution >= 0.6 is 27.5 Å². The van der Waals surface area contributed by atoms with Crippen LogP contribution in [-0.4, -0.2) is 35.5 Å². The number of nitrogens with one attached hydrogen (secondary N) is 1. The Morgan fingerprint density at radius 1 is 1.07 bits per heavy atom. The Bertz CT molecular complexity index is 2070. The minimum Gasteiger partial charge on any atom is -0.493 e. The van der Waals surface area contributed by atoms with E-state index in [4.69, 9.17) is 30.5 Å². The van der Waals surface area contributed by atoms with Crippen LogP contribution in [0, 0.1) is 0 Å². The summed E-state index contributed by atoms with van der Waals surface area (Å²) in [5.74, 6) is 0.867. The third kappa shape index (κ3) is 6.01. The summed E-state index contributed by atoms with van der Waals surface area (Å²) in [4.78, 5) is 31.0. The van der Waals surface area contributed by atoms with Gasteiger partial charge >= 0.3 is 0 Å². The molecule has 0 bridgehead atoms. The molecule has 43 heavy (non-hydrogen) atoms. The topological polar surface area (TPSA) is 108 Å². The first kappa shape index (κ1) is 28.2. The fraction of sp³-hybridized carbons (Fsp3) is 0.0625. The number of methoxy groups -OCH3 is 1. The molecule has 0 aliphatic heterocycles. The zero-order chi connectivity index (χ0) is 29.9. The van der Waals surface area contributed by atoms with Crippen LogP contribution in [0.4, 0.5) is 5.69 Å². The second-order valence-electron chi connectivity index (χ2n) is 9.33. The normalized spacial score (nSPS) is 11.3. The van der Waals surface area contributed by atoms with Crippen molar-refractivity contribution in [3.8, 4) is 23.1 Å². The Kier molecular flexibility index (Phi) is 7.95. The number of benzene rings is 4. The number of hydrogen-bond acceptors (Lipinski definition) is 7. The lowest BCUT2D eigenvalue weighted by atomic mass is 10.2. The molecule has 0 atom stereocenters. The summed E-state index contributed by atoms with van der Waals surface area (Å²) in [6, 6.07) is 26.4. The van der Waals surface area contributed by atoms with Gasteiger partial charge in [0.25, 0.3) is 11.5 Å². The van der Waals surface area contributed by atoms with E-state index in [2.05, 4.69) is 26.3 Å². The van der Waals surface area contributed by atoms with E-state index in [0.29, 0.717) is 44.3 Å². The number of furan rings is 1. The molecule has 0 unspecified atom stereocenters. The van der Waals surface area contributed by atoms with Crippen LogP contribution in [0.15, 0.2) is 110 Å². The molecule has 2 heterocycles. The molecule has 0 aliphatic rings. The van der Waals surface area contributed by atoms with E-state index < -0.39 is 0 Å². The Hall–Kier alpha value is -4.93. The standard InChI is InChI=1S/C32H22BrClN4O5/c1-41-27-8-4-5-19(30(27)42-18-29(39)36-23-12-10-22(34)11-13-23)17-35-38-31(37-25-7-3-2-6-24(25)32(38)40)28-16-20-15-21(33)9-14-26(20)43-28/h2-17H,18H2,1H3,(H,36,39). The molecule has 0 aliphatic carbocycles. The fourth-order valence-corrected chi connectivity index (χ4v) is 4.96. The lowest BCUT2D eigenvalue weighted by molar-refractivity contribution is -0.118. The van der Waals surface area contributed by atoms with Crippen LogP contribution in [0.25, 0.3) is 33.5 Å². The van der Waals surface area contributed by atoms with Crippen LogP contribution in [0.3, 0.4) is 0 Å². The first-order valence-corrected chi connectivity index (χ1v) is 14.2. The Labute approximate surface area is 258 Å². The monoisotopic (exact) mass is 656 g/mol. The molecular formula is C32H22BrClN4O5. The molecule has 0 saturated heterocycles. The molecule has 214 valence electrons. The zero-order valence-corrected chi connectivity index (χ0v) is 24.9. The Balaban J connectivity index is 1.37. The average molecular weight is 658 g/mol. The molecule has 1 N–H and O–H groups in total. The fourth-order valence-electron chi connectivity index (χ4n) is 4.45. The van der Waals surface area contributed by atoms with Crippen molar-refractivity contribution >= 4 is 67.2 Å². The summed E-state index contributed by atoms with van der Waals surface area (Å²) < 4.78 is 19.5. The number of rotatable bonds is 8. The van der Waals surface area contributed by atoms with Crippen LogP contribution in [0.1, 0.15) is 5.56 Å². The van der Waals surface area contributed by atoms with Crippen molar-refractivity contribution in [1.82, 2.24) is 9.66 Å². The summed E-state index contributed by atoms with van der Waals surface area (Å²) in [7, 11) is 1.49. The highest BCUT2D eigenvalue weighted by atomic mass is 79.9. The molecule has 11 heteroatoms. The van der Waals surface area contributed by atoms with Crippen molar-refractivity contribution in [2.75, 3.05) is 19.0 Å². The number of ether oxygens (including phenoxy) is 2. The van der Waals surface area contributed by atoms with Gasteiger partial charge in [0.05, 0.1) is 24.2 Å². The third-order valence-corrected chi connectivity index (χ3v) is 7.21. The number of anilines is 1. The molecule has 9 nitrogen and oxygen atoms in total. The van der Waals surface area contributed by atoms with Crippen LogP contribution < -0.4 is 20.3 Å². The van der Waals surface area contributed by atoms with Crippen molar-refractivity contribution in [2.45, 2.75) is 0 Å². The summed E-state index contributed by atoms with van der Waals surface area (Å²) in [5, 5.41) is 9.07. The van der Waals surface area contributed by atoms with E-state index in [1.165, 1.54) is 18.0 Å². The molecule has 1 amide bonds. The minimum absolute atomic E-state index is 0.222. The molecule has 0 spiro atoms. The number of amides is 1. The van der Waals surface area contributed by atoms with E-state index in [1.54, 1.807) is 60.7 Å². The lowest BCUT2D eigenvalue weighted by Crippen LogP contribution is -2.21. The number of aromatic nitrogens is 2.